The summed E-state index contributed by atoms with van der Waals surface area (Å²) in [4.78, 5) is 2.35. The van der Waals surface area contributed by atoms with Crippen LogP contribution in [-0.2, 0) is 10.8 Å². The van der Waals surface area contributed by atoms with Gasteiger partial charge in [0.25, 0.3) is 0 Å². The number of rotatable bonds is 2. The molecule has 1 heteroatoms. The third kappa shape index (κ3) is 3.10. The van der Waals surface area contributed by atoms with Gasteiger partial charge in [-0.3, -0.25) is 0 Å². The van der Waals surface area contributed by atoms with Crippen molar-refractivity contribution in [1.29, 1.82) is 0 Å². The first-order chi connectivity index (χ1) is 11.5. The van der Waals surface area contributed by atoms with E-state index in [4.69, 9.17) is 0 Å². The van der Waals surface area contributed by atoms with E-state index in [-0.39, 0.29) is 10.8 Å². The highest BCUT2D eigenvalue weighted by atomic mass is 15.1. The summed E-state index contributed by atoms with van der Waals surface area (Å²) in [5.41, 5.74) is 10.2. The van der Waals surface area contributed by atoms with Gasteiger partial charge >= 0.3 is 0 Å². The van der Waals surface area contributed by atoms with Crippen LogP contribution < -0.4 is 4.90 Å². The highest BCUT2D eigenvalue weighted by molar-refractivity contribution is 5.68. The fourth-order valence-electron chi connectivity index (χ4n) is 4.23. The number of anilines is 2. The minimum atomic E-state index is 0.250. The molecule has 0 heterocycles. The number of fused-ring (bicyclic) bond motifs is 1. The van der Waals surface area contributed by atoms with Crippen molar-refractivity contribution in [3.63, 3.8) is 0 Å². The lowest BCUT2D eigenvalue weighted by molar-refractivity contribution is 0.332. The van der Waals surface area contributed by atoms with Gasteiger partial charge in [-0.15, -0.1) is 0 Å². The van der Waals surface area contributed by atoms with Gasteiger partial charge in [-0.25, -0.2) is 0 Å². The van der Waals surface area contributed by atoms with E-state index in [9.17, 15) is 0 Å². The second-order valence-corrected chi connectivity index (χ2v) is 9.28. The van der Waals surface area contributed by atoms with Crippen LogP contribution in [0.2, 0.25) is 0 Å². The average molecular weight is 336 g/mol. The van der Waals surface area contributed by atoms with E-state index >= 15 is 0 Å². The van der Waals surface area contributed by atoms with E-state index < -0.39 is 0 Å². The first-order valence-corrected chi connectivity index (χ1v) is 9.49. The molecule has 0 aromatic heterocycles. The molecule has 0 amide bonds. The van der Waals surface area contributed by atoms with E-state index in [0.29, 0.717) is 0 Å². The van der Waals surface area contributed by atoms with Crippen molar-refractivity contribution in [3.05, 3.63) is 58.1 Å². The van der Waals surface area contributed by atoms with Crippen LogP contribution in [0.4, 0.5) is 11.4 Å². The molecule has 0 atom stereocenters. The summed E-state index contributed by atoms with van der Waals surface area (Å²) >= 11 is 0. The zero-order valence-electron chi connectivity index (χ0n) is 17.2. The Labute approximate surface area is 154 Å². The lowest BCUT2D eigenvalue weighted by Gasteiger charge is -2.42. The molecular weight excluding hydrogens is 302 g/mol. The number of benzene rings is 2. The van der Waals surface area contributed by atoms with Crippen molar-refractivity contribution < 1.29 is 0 Å². The summed E-state index contributed by atoms with van der Waals surface area (Å²) < 4.78 is 0. The Morgan fingerprint density at radius 2 is 1.28 bits per heavy atom. The van der Waals surface area contributed by atoms with Crippen LogP contribution >= 0.6 is 0 Å². The molecule has 3 rings (SSSR count). The van der Waals surface area contributed by atoms with Gasteiger partial charge in [0.15, 0.2) is 0 Å². The molecular formula is C24H33N. The van der Waals surface area contributed by atoms with Gasteiger partial charge in [-0.05, 0) is 90.5 Å². The van der Waals surface area contributed by atoms with Crippen LogP contribution in [0.25, 0.3) is 0 Å². The van der Waals surface area contributed by atoms with E-state index in [0.717, 1.165) is 0 Å². The average Bonchev–Trinajstić information content (AvgIpc) is 2.54. The van der Waals surface area contributed by atoms with Crippen molar-refractivity contribution in [1.82, 2.24) is 0 Å². The molecule has 0 N–H and O–H groups in total. The fraction of sp³-hybridized carbons (Fsp3) is 0.500. The van der Waals surface area contributed by atoms with Crippen LogP contribution in [0.5, 0.6) is 0 Å². The third-order valence-corrected chi connectivity index (χ3v) is 6.40. The highest BCUT2D eigenvalue weighted by Gasteiger charge is 2.37. The first kappa shape index (κ1) is 18.0. The molecule has 0 spiro atoms. The lowest BCUT2D eigenvalue weighted by atomic mass is 9.63. The van der Waals surface area contributed by atoms with Crippen molar-refractivity contribution >= 4 is 11.4 Å². The summed E-state index contributed by atoms with van der Waals surface area (Å²) in [5.74, 6) is 0. The molecule has 2 aromatic rings. The smallest absolute Gasteiger partial charge is 0.0440 e. The summed E-state index contributed by atoms with van der Waals surface area (Å²) in [6, 6.07) is 11.7. The molecule has 1 nitrogen and oxygen atoms in total. The molecule has 2 aromatic carbocycles. The van der Waals surface area contributed by atoms with Crippen molar-refractivity contribution in [3.8, 4) is 0 Å². The lowest BCUT2D eigenvalue weighted by Crippen LogP contribution is -2.34. The Hall–Kier alpha value is -1.76. The summed E-state index contributed by atoms with van der Waals surface area (Å²) in [6.45, 7) is 16.2. The molecule has 0 aliphatic heterocycles. The zero-order chi connectivity index (χ0) is 18.6. The number of aryl methyl sites for hydroxylation is 3. The largest absolute Gasteiger partial charge is 0.344 e. The van der Waals surface area contributed by atoms with Crippen LogP contribution in [0.3, 0.4) is 0 Å². The second-order valence-electron chi connectivity index (χ2n) is 9.28. The van der Waals surface area contributed by atoms with E-state index in [1.165, 1.54) is 52.0 Å². The van der Waals surface area contributed by atoms with Gasteiger partial charge in [0.05, 0.1) is 0 Å². The SMILES string of the molecule is Cc1cc(C)c(N(C)c2ccc3c(c2)C(C)(C)CCC3(C)C)cc1C. The monoisotopic (exact) mass is 335 g/mol. The molecule has 1 aliphatic carbocycles. The standard InChI is InChI=1S/C24H33N/c1-16-13-18(3)22(14-17(16)2)25(8)19-9-10-20-21(15-19)24(6,7)12-11-23(20,4)5/h9-10,13-15H,11-12H2,1-8H3. The van der Waals surface area contributed by atoms with Gasteiger partial charge in [-0.1, -0.05) is 39.8 Å². The maximum atomic E-state index is 2.44. The van der Waals surface area contributed by atoms with Crippen molar-refractivity contribution in [2.75, 3.05) is 11.9 Å². The predicted octanol–water partition coefficient (Wildman–Crippen LogP) is 6.73. The third-order valence-electron chi connectivity index (χ3n) is 6.40. The topological polar surface area (TPSA) is 3.24 Å². The zero-order valence-corrected chi connectivity index (χ0v) is 17.2. The first-order valence-electron chi connectivity index (χ1n) is 9.49. The van der Waals surface area contributed by atoms with Gasteiger partial charge in [0, 0.05) is 18.4 Å². The number of hydrogen-bond donors (Lipinski definition) is 0. The molecule has 0 fully saturated rings. The Morgan fingerprint density at radius 3 is 1.92 bits per heavy atom. The molecule has 1 aliphatic rings. The van der Waals surface area contributed by atoms with Crippen molar-refractivity contribution in [2.45, 2.75) is 72.1 Å². The summed E-state index contributed by atoms with van der Waals surface area (Å²) in [5, 5.41) is 0. The molecule has 0 saturated heterocycles. The summed E-state index contributed by atoms with van der Waals surface area (Å²) in [6.07, 6.45) is 2.52. The van der Waals surface area contributed by atoms with Gasteiger partial charge in [-0.2, -0.15) is 0 Å². The van der Waals surface area contributed by atoms with E-state index in [2.05, 4.69) is 90.7 Å². The maximum Gasteiger partial charge on any atom is 0.0440 e. The Bertz CT molecular complexity index is 811. The van der Waals surface area contributed by atoms with Crippen LogP contribution in [0.1, 0.15) is 68.4 Å². The number of hydrogen-bond acceptors (Lipinski definition) is 1. The number of nitrogens with zero attached hydrogens (tertiary/aromatic N) is 1. The van der Waals surface area contributed by atoms with Crippen molar-refractivity contribution in [2.24, 2.45) is 0 Å². The molecule has 0 radical (unpaired) electrons. The normalized spacial score (nSPS) is 17.9. The molecule has 0 saturated carbocycles. The predicted molar refractivity (Wildman–Crippen MR) is 110 cm³/mol. The Kier molecular flexibility index (Phi) is 4.26. The van der Waals surface area contributed by atoms with Crippen LogP contribution in [0, 0.1) is 20.8 Å². The van der Waals surface area contributed by atoms with Crippen LogP contribution in [-0.4, -0.2) is 7.05 Å². The van der Waals surface area contributed by atoms with Crippen LogP contribution in [0.15, 0.2) is 30.3 Å². The quantitative estimate of drug-likeness (QED) is 0.588. The summed E-state index contributed by atoms with van der Waals surface area (Å²) in [7, 11) is 2.19. The molecule has 0 unspecified atom stereocenters. The Balaban J connectivity index is 2.09. The van der Waals surface area contributed by atoms with Gasteiger partial charge < -0.3 is 4.90 Å². The van der Waals surface area contributed by atoms with Gasteiger partial charge in [0.2, 0.25) is 0 Å². The Morgan fingerprint density at radius 1 is 0.720 bits per heavy atom. The minimum Gasteiger partial charge on any atom is -0.344 e. The highest BCUT2D eigenvalue weighted by Crippen LogP contribution is 2.47. The maximum absolute atomic E-state index is 2.44. The van der Waals surface area contributed by atoms with E-state index in [1.807, 2.05) is 0 Å². The fourth-order valence-corrected chi connectivity index (χ4v) is 4.23. The molecule has 25 heavy (non-hydrogen) atoms. The molecule has 134 valence electrons. The van der Waals surface area contributed by atoms with E-state index in [1.54, 1.807) is 0 Å². The minimum absolute atomic E-state index is 0.250. The second kappa shape index (κ2) is 5.90. The molecule has 0 bridgehead atoms. The van der Waals surface area contributed by atoms with Gasteiger partial charge in [0.1, 0.15) is 0 Å².